The Bertz CT molecular complexity index is 1010. The summed E-state index contributed by atoms with van der Waals surface area (Å²) in [6.07, 6.45) is 3.29. The van der Waals surface area contributed by atoms with Gasteiger partial charge in [0.25, 0.3) is 10.0 Å². The highest BCUT2D eigenvalue weighted by atomic mass is 32.2. The van der Waals surface area contributed by atoms with Crippen LogP contribution >= 0.6 is 0 Å². The van der Waals surface area contributed by atoms with Gasteiger partial charge in [0.2, 0.25) is 0 Å². The number of nitrogens with one attached hydrogen (secondary N) is 2. The van der Waals surface area contributed by atoms with Crippen LogP contribution in [0.25, 0.3) is 22.0 Å². The van der Waals surface area contributed by atoms with E-state index in [9.17, 15) is 12.8 Å². The van der Waals surface area contributed by atoms with Crippen LogP contribution in [0.2, 0.25) is 0 Å². The Hall–Kier alpha value is -2.29. The predicted octanol–water partition coefficient (Wildman–Crippen LogP) is 1.96. The lowest BCUT2D eigenvalue weighted by atomic mass is 10.1. The normalized spacial score (nSPS) is 16.4. The second-order valence-corrected chi connectivity index (χ2v) is 7.82. The van der Waals surface area contributed by atoms with Crippen LogP contribution in [-0.2, 0) is 10.0 Å². The Morgan fingerprint density at radius 2 is 1.92 bits per heavy atom. The van der Waals surface area contributed by atoms with Crippen molar-refractivity contribution in [3.8, 4) is 11.1 Å². The Kier molecular flexibility index (Phi) is 4.03. The summed E-state index contributed by atoms with van der Waals surface area (Å²) in [5.41, 5.74) is 2.33. The smallest absolute Gasteiger partial charge is 0.260 e. The van der Waals surface area contributed by atoms with E-state index < -0.39 is 10.0 Å². The molecule has 0 radical (unpaired) electrons. The van der Waals surface area contributed by atoms with Crippen LogP contribution < -0.4 is 5.32 Å². The Morgan fingerprint density at radius 3 is 2.64 bits per heavy atom. The van der Waals surface area contributed by atoms with Gasteiger partial charge >= 0.3 is 0 Å². The van der Waals surface area contributed by atoms with Crippen molar-refractivity contribution in [1.82, 2.24) is 19.6 Å². The molecule has 130 valence electrons. The Morgan fingerprint density at radius 1 is 1.12 bits per heavy atom. The first-order valence-corrected chi connectivity index (χ1v) is 9.44. The molecule has 0 amide bonds. The monoisotopic (exact) mass is 360 g/mol. The molecule has 1 aliphatic rings. The number of fused-ring (bicyclic) bond motifs is 1. The van der Waals surface area contributed by atoms with E-state index >= 15 is 0 Å². The minimum atomic E-state index is -3.58. The number of piperazine rings is 1. The molecule has 2 aromatic heterocycles. The first-order chi connectivity index (χ1) is 12.1. The second kappa shape index (κ2) is 6.21. The summed E-state index contributed by atoms with van der Waals surface area (Å²) in [7, 11) is -3.58. The maximum Gasteiger partial charge on any atom is 0.260 e. The molecular weight excluding hydrogens is 343 g/mol. The van der Waals surface area contributed by atoms with Crippen molar-refractivity contribution in [3.63, 3.8) is 0 Å². The maximum atomic E-state index is 13.5. The molecule has 1 aliphatic heterocycles. The van der Waals surface area contributed by atoms with Gasteiger partial charge < -0.3 is 10.3 Å². The first-order valence-electron chi connectivity index (χ1n) is 8.00. The zero-order chi connectivity index (χ0) is 17.4. The van der Waals surface area contributed by atoms with Crippen molar-refractivity contribution in [2.75, 3.05) is 26.2 Å². The summed E-state index contributed by atoms with van der Waals surface area (Å²) in [5, 5.41) is 3.89. The minimum Gasteiger partial charge on any atom is -0.361 e. The molecule has 0 unspecified atom stereocenters. The third kappa shape index (κ3) is 2.92. The van der Waals surface area contributed by atoms with Crippen LogP contribution in [0.5, 0.6) is 0 Å². The fourth-order valence-corrected chi connectivity index (χ4v) is 4.39. The molecule has 0 aliphatic carbocycles. The summed E-state index contributed by atoms with van der Waals surface area (Å²) in [5.74, 6) is -0.320. The fourth-order valence-electron chi connectivity index (χ4n) is 3.04. The van der Waals surface area contributed by atoms with Gasteiger partial charge in [0, 0.05) is 60.6 Å². The lowest BCUT2D eigenvalue weighted by Gasteiger charge is -2.26. The number of pyridine rings is 1. The van der Waals surface area contributed by atoms with Gasteiger partial charge in [-0.2, -0.15) is 4.31 Å². The number of rotatable bonds is 3. The number of benzene rings is 1. The molecule has 4 rings (SSSR count). The highest BCUT2D eigenvalue weighted by Gasteiger charge is 2.27. The van der Waals surface area contributed by atoms with Gasteiger partial charge in [-0.25, -0.2) is 17.8 Å². The van der Waals surface area contributed by atoms with Crippen LogP contribution in [0.3, 0.4) is 0 Å². The largest absolute Gasteiger partial charge is 0.361 e. The van der Waals surface area contributed by atoms with Gasteiger partial charge in [-0.1, -0.05) is 0 Å². The van der Waals surface area contributed by atoms with Crippen LogP contribution in [0, 0.1) is 5.82 Å². The van der Waals surface area contributed by atoms with E-state index in [0.717, 1.165) is 22.0 Å². The molecule has 3 aromatic rings. The average Bonchev–Trinajstić information content (AvgIpc) is 3.05. The van der Waals surface area contributed by atoms with Gasteiger partial charge in [-0.3, -0.25) is 0 Å². The first kappa shape index (κ1) is 16.2. The van der Waals surface area contributed by atoms with Crippen molar-refractivity contribution < 1.29 is 12.8 Å². The van der Waals surface area contributed by atoms with Gasteiger partial charge in [-0.05, 0) is 30.3 Å². The van der Waals surface area contributed by atoms with E-state index in [1.165, 1.54) is 28.7 Å². The molecule has 0 atom stereocenters. The van der Waals surface area contributed by atoms with Gasteiger partial charge in [0.05, 0.1) is 0 Å². The Labute approximate surface area is 144 Å². The molecule has 2 N–H and O–H groups in total. The van der Waals surface area contributed by atoms with Gasteiger partial charge in [-0.15, -0.1) is 0 Å². The fraction of sp³-hybridized carbons (Fsp3) is 0.235. The molecule has 0 saturated carbocycles. The molecule has 0 spiro atoms. The number of aromatic nitrogens is 2. The van der Waals surface area contributed by atoms with Crippen molar-refractivity contribution in [2.45, 2.75) is 5.03 Å². The van der Waals surface area contributed by atoms with Crippen LogP contribution in [-0.4, -0.2) is 48.9 Å². The minimum absolute atomic E-state index is 0.0316. The van der Waals surface area contributed by atoms with E-state index in [0.29, 0.717) is 26.2 Å². The lowest BCUT2D eigenvalue weighted by Crippen LogP contribution is -2.46. The van der Waals surface area contributed by atoms with Crippen LogP contribution in [0.15, 0.2) is 47.8 Å². The summed E-state index contributed by atoms with van der Waals surface area (Å²) in [6, 6.07) is 7.72. The summed E-state index contributed by atoms with van der Waals surface area (Å²) in [6.45, 7) is 2.15. The Balaban J connectivity index is 1.68. The van der Waals surface area contributed by atoms with E-state index in [1.54, 1.807) is 18.3 Å². The zero-order valence-corrected chi connectivity index (χ0v) is 14.2. The molecule has 3 heterocycles. The van der Waals surface area contributed by atoms with E-state index in [4.69, 9.17) is 0 Å². The van der Waals surface area contributed by atoms with Gasteiger partial charge in [0.1, 0.15) is 5.82 Å². The molecule has 1 aromatic carbocycles. The third-order valence-electron chi connectivity index (χ3n) is 4.37. The number of H-pyrrole nitrogens is 1. The number of hydrogen-bond acceptors (Lipinski definition) is 4. The summed E-state index contributed by atoms with van der Waals surface area (Å²) < 4.78 is 40.2. The van der Waals surface area contributed by atoms with E-state index in [1.807, 2.05) is 0 Å². The highest BCUT2D eigenvalue weighted by molar-refractivity contribution is 7.89. The lowest BCUT2D eigenvalue weighted by molar-refractivity contribution is 0.359. The van der Waals surface area contributed by atoms with E-state index in [2.05, 4.69) is 15.3 Å². The van der Waals surface area contributed by atoms with Crippen molar-refractivity contribution >= 4 is 20.9 Å². The van der Waals surface area contributed by atoms with Crippen LogP contribution in [0.1, 0.15) is 0 Å². The standard InChI is InChI=1S/C17H17FN4O2S/c18-13-2-3-16-14(9-13)15(11-20-16)12-1-4-17(21-10-12)25(23,24)22-7-5-19-6-8-22/h1-4,9-11,19-20H,5-8H2. The van der Waals surface area contributed by atoms with Gasteiger partial charge in [0.15, 0.2) is 5.03 Å². The molecule has 1 fully saturated rings. The number of hydrogen-bond donors (Lipinski definition) is 2. The molecule has 1 saturated heterocycles. The predicted molar refractivity (Wildman–Crippen MR) is 93.1 cm³/mol. The quantitative estimate of drug-likeness (QED) is 0.749. The third-order valence-corrected chi connectivity index (χ3v) is 6.19. The molecule has 0 bridgehead atoms. The molecular formula is C17H17FN4O2S. The topological polar surface area (TPSA) is 78.1 Å². The summed E-state index contributed by atoms with van der Waals surface area (Å²) >= 11 is 0. The van der Waals surface area contributed by atoms with Crippen LogP contribution in [0.4, 0.5) is 4.39 Å². The highest BCUT2D eigenvalue weighted by Crippen LogP contribution is 2.29. The SMILES string of the molecule is O=S(=O)(c1ccc(-c2c[nH]c3ccc(F)cc23)cn1)N1CCNCC1. The number of aromatic amines is 1. The number of halogens is 1. The van der Waals surface area contributed by atoms with Crippen molar-refractivity contribution in [1.29, 1.82) is 0 Å². The second-order valence-electron chi connectivity index (χ2n) is 5.93. The van der Waals surface area contributed by atoms with Crippen molar-refractivity contribution in [2.24, 2.45) is 0 Å². The average molecular weight is 360 g/mol. The molecule has 8 heteroatoms. The van der Waals surface area contributed by atoms with E-state index in [-0.39, 0.29) is 10.8 Å². The number of nitrogens with zero attached hydrogens (tertiary/aromatic N) is 2. The zero-order valence-electron chi connectivity index (χ0n) is 13.4. The summed E-state index contributed by atoms with van der Waals surface area (Å²) in [4.78, 5) is 7.24. The molecule has 6 nitrogen and oxygen atoms in total. The number of sulfonamides is 1. The van der Waals surface area contributed by atoms with Crippen molar-refractivity contribution in [3.05, 3.63) is 48.5 Å². The maximum absolute atomic E-state index is 13.5. The molecule has 25 heavy (non-hydrogen) atoms.